The molecule has 1 heterocycles. The Morgan fingerprint density at radius 2 is 1.92 bits per heavy atom. The fourth-order valence-corrected chi connectivity index (χ4v) is 1.50. The van der Waals surface area contributed by atoms with Crippen LogP contribution in [0.4, 0.5) is 0 Å². The quantitative estimate of drug-likeness (QED) is 0.709. The van der Waals surface area contributed by atoms with Gasteiger partial charge in [0.15, 0.2) is 0 Å². The van der Waals surface area contributed by atoms with E-state index in [2.05, 4.69) is 5.32 Å². The molecule has 0 spiro atoms. The minimum atomic E-state index is -0.663. The summed E-state index contributed by atoms with van der Waals surface area (Å²) in [4.78, 5) is 10.2. The molecule has 0 aromatic carbocycles. The van der Waals surface area contributed by atoms with Gasteiger partial charge in [-0.25, -0.2) is 0 Å². The molecule has 0 radical (unpaired) electrons. The van der Waals surface area contributed by atoms with Crippen LogP contribution >= 0.6 is 0 Å². The van der Waals surface area contributed by atoms with Crippen molar-refractivity contribution in [3.63, 3.8) is 0 Å². The lowest BCUT2D eigenvalue weighted by Gasteiger charge is -2.21. The molecule has 0 aromatic heterocycles. The third-order valence-electron chi connectivity index (χ3n) is 2.23. The maximum absolute atomic E-state index is 10.2. The van der Waals surface area contributed by atoms with E-state index in [4.69, 9.17) is 5.11 Å². The van der Waals surface area contributed by atoms with Gasteiger partial charge in [0, 0.05) is 6.42 Å². The predicted octanol–water partition coefficient (Wildman–Crippen LogP) is 1.88. The van der Waals surface area contributed by atoms with Gasteiger partial charge in [0.25, 0.3) is 0 Å². The van der Waals surface area contributed by atoms with Crippen LogP contribution in [0.25, 0.3) is 0 Å². The molecule has 1 saturated heterocycles. The molecule has 1 rings (SSSR count). The number of piperidine rings is 1. The van der Waals surface area contributed by atoms with Gasteiger partial charge < -0.3 is 10.4 Å². The Morgan fingerprint density at radius 1 is 1.38 bits per heavy atom. The Kier molecular flexibility index (Phi) is 7.69. The summed E-state index contributed by atoms with van der Waals surface area (Å²) in [7, 11) is 0. The SMILES string of the molecule is CC.O=C(O)CCC1CCNCC1. The van der Waals surface area contributed by atoms with Crippen LogP contribution in [-0.4, -0.2) is 24.2 Å². The van der Waals surface area contributed by atoms with Gasteiger partial charge in [-0.15, -0.1) is 0 Å². The molecule has 0 atom stereocenters. The molecular formula is C10H21NO2. The number of carboxylic acid groups (broad SMARTS) is 1. The van der Waals surface area contributed by atoms with E-state index in [1.54, 1.807) is 0 Å². The minimum Gasteiger partial charge on any atom is -0.481 e. The van der Waals surface area contributed by atoms with E-state index in [9.17, 15) is 4.79 Å². The maximum atomic E-state index is 10.2. The van der Waals surface area contributed by atoms with Crippen molar-refractivity contribution in [2.24, 2.45) is 5.92 Å². The van der Waals surface area contributed by atoms with Crippen molar-refractivity contribution in [3.8, 4) is 0 Å². The van der Waals surface area contributed by atoms with Crippen molar-refractivity contribution in [2.45, 2.75) is 39.5 Å². The first-order valence-corrected chi connectivity index (χ1v) is 5.21. The molecule has 2 N–H and O–H groups in total. The summed E-state index contributed by atoms with van der Waals surface area (Å²) in [6.07, 6.45) is 3.49. The molecule has 0 bridgehead atoms. The minimum absolute atomic E-state index is 0.338. The van der Waals surface area contributed by atoms with Gasteiger partial charge >= 0.3 is 5.97 Å². The van der Waals surface area contributed by atoms with Crippen molar-refractivity contribution in [3.05, 3.63) is 0 Å². The summed E-state index contributed by atoms with van der Waals surface area (Å²) in [5.74, 6) is -0.0177. The first kappa shape index (κ1) is 12.4. The molecule has 0 amide bonds. The summed E-state index contributed by atoms with van der Waals surface area (Å²) in [6.45, 7) is 6.12. The standard InChI is InChI=1S/C8H15NO2.C2H6/c10-8(11)2-1-7-3-5-9-6-4-7;1-2/h7,9H,1-6H2,(H,10,11);1-2H3. The number of rotatable bonds is 3. The topological polar surface area (TPSA) is 49.3 Å². The van der Waals surface area contributed by atoms with E-state index in [1.807, 2.05) is 13.8 Å². The van der Waals surface area contributed by atoms with Crippen LogP contribution in [0.5, 0.6) is 0 Å². The maximum Gasteiger partial charge on any atom is 0.303 e. The van der Waals surface area contributed by atoms with Crippen molar-refractivity contribution in [2.75, 3.05) is 13.1 Å². The lowest BCUT2D eigenvalue weighted by Crippen LogP contribution is -2.27. The van der Waals surface area contributed by atoms with Crippen molar-refractivity contribution >= 4 is 5.97 Å². The van der Waals surface area contributed by atoms with E-state index in [0.29, 0.717) is 12.3 Å². The van der Waals surface area contributed by atoms with Gasteiger partial charge in [-0.2, -0.15) is 0 Å². The summed E-state index contributed by atoms with van der Waals surface area (Å²) in [6, 6.07) is 0. The second-order valence-electron chi connectivity index (χ2n) is 3.13. The number of aliphatic carboxylic acids is 1. The molecule has 0 unspecified atom stereocenters. The molecule has 0 aromatic rings. The first-order valence-electron chi connectivity index (χ1n) is 5.21. The number of hydrogen-bond donors (Lipinski definition) is 2. The number of nitrogens with one attached hydrogen (secondary N) is 1. The molecule has 3 nitrogen and oxygen atoms in total. The van der Waals surface area contributed by atoms with Crippen LogP contribution in [-0.2, 0) is 4.79 Å². The van der Waals surface area contributed by atoms with E-state index < -0.39 is 5.97 Å². The highest BCUT2D eigenvalue weighted by Gasteiger charge is 2.13. The Bertz CT molecular complexity index is 131. The van der Waals surface area contributed by atoms with Crippen molar-refractivity contribution < 1.29 is 9.90 Å². The highest BCUT2D eigenvalue weighted by atomic mass is 16.4. The number of hydrogen-bond acceptors (Lipinski definition) is 2. The van der Waals surface area contributed by atoms with Gasteiger partial charge in [0.2, 0.25) is 0 Å². The van der Waals surface area contributed by atoms with Crippen LogP contribution in [0.2, 0.25) is 0 Å². The zero-order valence-electron chi connectivity index (χ0n) is 8.68. The second kappa shape index (κ2) is 8.05. The third kappa shape index (κ3) is 6.58. The zero-order valence-corrected chi connectivity index (χ0v) is 8.68. The third-order valence-corrected chi connectivity index (χ3v) is 2.23. The molecule has 1 aliphatic heterocycles. The first-order chi connectivity index (χ1) is 6.29. The number of carbonyl (C=O) groups is 1. The van der Waals surface area contributed by atoms with Crippen LogP contribution < -0.4 is 5.32 Å². The molecule has 0 saturated carbocycles. The largest absolute Gasteiger partial charge is 0.481 e. The molecule has 1 aliphatic rings. The Labute approximate surface area is 80.5 Å². The van der Waals surface area contributed by atoms with E-state index >= 15 is 0 Å². The van der Waals surface area contributed by atoms with E-state index in [0.717, 1.165) is 32.4 Å². The van der Waals surface area contributed by atoms with Crippen LogP contribution in [0.1, 0.15) is 39.5 Å². The predicted molar refractivity (Wildman–Crippen MR) is 53.8 cm³/mol. The normalized spacial score (nSPS) is 17.4. The fourth-order valence-electron chi connectivity index (χ4n) is 1.50. The molecule has 78 valence electrons. The van der Waals surface area contributed by atoms with Gasteiger partial charge in [0.1, 0.15) is 0 Å². The van der Waals surface area contributed by atoms with Gasteiger partial charge in [-0.05, 0) is 38.3 Å². The zero-order chi connectivity index (χ0) is 10.1. The van der Waals surface area contributed by atoms with Gasteiger partial charge in [-0.3, -0.25) is 4.79 Å². The smallest absolute Gasteiger partial charge is 0.303 e. The summed E-state index contributed by atoms with van der Waals surface area (Å²) < 4.78 is 0. The second-order valence-corrected chi connectivity index (χ2v) is 3.13. The molecule has 0 aliphatic carbocycles. The van der Waals surface area contributed by atoms with Crippen LogP contribution in [0, 0.1) is 5.92 Å². The molecular weight excluding hydrogens is 166 g/mol. The summed E-state index contributed by atoms with van der Waals surface area (Å²) in [5.41, 5.74) is 0. The van der Waals surface area contributed by atoms with Gasteiger partial charge in [0.05, 0.1) is 0 Å². The van der Waals surface area contributed by atoms with E-state index in [1.165, 1.54) is 0 Å². The average Bonchev–Trinajstić information content (AvgIpc) is 2.19. The lowest BCUT2D eigenvalue weighted by atomic mass is 9.93. The fraction of sp³-hybridized carbons (Fsp3) is 0.900. The van der Waals surface area contributed by atoms with Crippen LogP contribution in [0.3, 0.4) is 0 Å². The monoisotopic (exact) mass is 187 g/mol. The molecule has 1 fully saturated rings. The van der Waals surface area contributed by atoms with Crippen LogP contribution in [0.15, 0.2) is 0 Å². The summed E-state index contributed by atoms with van der Waals surface area (Å²) >= 11 is 0. The Balaban J connectivity index is 0.000000671. The van der Waals surface area contributed by atoms with Crippen molar-refractivity contribution in [1.29, 1.82) is 0 Å². The highest BCUT2D eigenvalue weighted by molar-refractivity contribution is 5.66. The Hall–Kier alpha value is -0.570. The number of carboxylic acids is 1. The average molecular weight is 187 g/mol. The van der Waals surface area contributed by atoms with Gasteiger partial charge in [-0.1, -0.05) is 13.8 Å². The van der Waals surface area contributed by atoms with E-state index in [-0.39, 0.29) is 0 Å². The summed E-state index contributed by atoms with van der Waals surface area (Å²) in [5, 5.41) is 11.7. The Morgan fingerprint density at radius 3 is 2.38 bits per heavy atom. The van der Waals surface area contributed by atoms with Crippen molar-refractivity contribution in [1.82, 2.24) is 5.32 Å². The lowest BCUT2D eigenvalue weighted by molar-refractivity contribution is -0.137. The highest BCUT2D eigenvalue weighted by Crippen LogP contribution is 2.17. The molecule has 3 heteroatoms. The molecule has 13 heavy (non-hydrogen) atoms.